The van der Waals surface area contributed by atoms with Crippen molar-refractivity contribution < 1.29 is 0 Å². The number of nitrogens with zero attached hydrogens (tertiary/aromatic N) is 3. The lowest BCUT2D eigenvalue weighted by Crippen LogP contribution is -2.25. The molecule has 0 aliphatic heterocycles. The zero-order chi connectivity index (χ0) is 12.7. The number of rotatable bonds is 3. The van der Waals surface area contributed by atoms with E-state index in [4.69, 9.17) is 0 Å². The molecule has 1 aromatic heterocycles. The lowest BCUT2D eigenvalue weighted by atomic mass is 9.95. The average Bonchev–Trinajstić information content (AvgIpc) is 3.17. The Labute approximate surface area is 112 Å². The Balaban J connectivity index is 1.54. The van der Waals surface area contributed by atoms with Crippen molar-refractivity contribution in [2.24, 2.45) is 11.8 Å². The van der Waals surface area contributed by atoms with E-state index >= 15 is 0 Å². The fourth-order valence-electron chi connectivity index (χ4n) is 3.73. The van der Waals surface area contributed by atoms with Gasteiger partial charge in [-0.2, -0.15) is 0 Å². The highest BCUT2D eigenvalue weighted by Gasteiger charge is 2.39. The summed E-state index contributed by atoms with van der Waals surface area (Å²) in [5.41, 5.74) is 2.32. The lowest BCUT2D eigenvalue weighted by Gasteiger charge is -2.24. The molecular formula is C15H18N4. The molecule has 0 spiro atoms. The monoisotopic (exact) mass is 254 g/mol. The molecule has 1 aromatic carbocycles. The van der Waals surface area contributed by atoms with Crippen molar-refractivity contribution in [1.82, 2.24) is 14.8 Å². The van der Waals surface area contributed by atoms with Gasteiger partial charge in [-0.05, 0) is 49.3 Å². The van der Waals surface area contributed by atoms with Gasteiger partial charge in [0.05, 0.1) is 5.69 Å². The molecule has 2 fully saturated rings. The van der Waals surface area contributed by atoms with Crippen LogP contribution in [0.1, 0.15) is 25.7 Å². The van der Waals surface area contributed by atoms with Gasteiger partial charge in [-0.15, -0.1) is 10.2 Å². The maximum atomic E-state index is 3.86. The first kappa shape index (κ1) is 11.0. The van der Waals surface area contributed by atoms with Gasteiger partial charge < -0.3 is 5.32 Å². The molecule has 19 heavy (non-hydrogen) atoms. The van der Waals surface area contributed by atoms with Crippen LogP contribution in [-0.2, 0) is 0 Å². The fraction of sp³-hybridized carbons (Fsp3) is 0.467. The van der Waals surface area contributed by atoms with Crippen LogP contribution in [0.3, 0.4) is 0 Å². The lowest BCUT2D eigenvalue weighted by molar-refractivity contribution is 0.440. The van der Waals surface area contributed by atoms with E-state index < -0.39 is 0 Å². The number of hydrogen-bond acceptors (Lipinski definition) is 3. The third kappa shape index (κ3) is 2.01. The first-order valence-corrected chi connectivity index (χ1v) is 7.10. The summed E-state index contributed by atoms with van der Waals surface area (Å²) < 4.78 is 1.94. The zero-order valence-electron chi connectivity index (χ0n) is 10.9. The van der Waals surface area contributed by atoms with Gasteiger partial charge >= 0.3 is 0 Å². The predicted octanol–water partition coefficient (Wildman–Crippen LogP) is 2.87. The molecule has 2 aromatic rings. The second kappa shape index (κ2) is 4.37. The fourth-order valence-corrected chi connectivity index (χ4v) is 3.73. The van der Waals surface area contributed by atoms with Crippen LogP contribution in [0.5, 0.6) is 0 Å². The molecule has 4 nitrogen and oxygen atoms in total. The smallest absolute Gasteiger partial charge is 0.123 e. The van der Waals surface area contributed by atoms with Gasteiger partial charge in [0.25, 0.3) is 0 Å². The maximum Gasteiger partial charge on any atom is 0.123 e. The van der Waals surface area contributed by atoms with E-state index in [1.165, 1.54) is 31.4 Å². The number of benzene rings is 1. The molecule has 2 aliphatic carbocycles. The van der Waals surface area contributed by atoms with Crippen molar-refractivity contribution in [3.05, 3.63) is 36.9 Å². The van der Waals surface area contributed by atoms with Crippen LogP contribution >= 0.6 is 0 Å². The van der Waals surface area contributed by atoms with Crippen LogP contribution in [-0.4, -0.2) is 20.8 Å². The van der Waals surface area contributed by atoms with Crippen molar-refractivity contribution >= 4 is 5.69 Å². The van der Waals surface area contributed by atoms with Crippen molar-refractivity contribution in [2.75, 3.05) is 5.32 Å². The number of fused-ring (bicyclic) bond motifs is 2. The highest BCUT2D eigenvalue weighted by molar-refractivity contribution is 5.51. The molecule has 98 valence electrons. The Morgan fingerprint density at radius 3 is 2.74 bits per heavy atom. The maximum absolute atomic E-state index is 3.86. The minimum absolute atomic E-state index is 0.676. The van der Waals surface area contributed by atoms with Gasteiger partial charge in [0.15, 0.2) is 0 Å². The molecule has 2 saturated carbocycles. The van der Waals surface area contributed by atoms with Crippen molar-refractivity contribution in [3.8, 4) is 5.69 Å². The predicted molar refractivity (Wildman–Crippen MR) is 74.2 cm³/mol. The van der Waals surface area contributed by atoms with Gasteiger partial charge in [-0.1, -0.05) is 12.5 Å². The summed E-state index contributed by atoms with van der Waals surface area (Å²) in [7, 11) is 0. The van der Waals surface area contributed by atoms with Crippen molar-refractivity contribution in [3.63, 3.8) is 0 Å². The van der Waals surface area contributed by atoms with Crippen molar-refractivity contribution in [1.29, 1.82) is 0 Å². The molecule has 0 radical (unpaired) electrons. The highest BCUT2D eigenvalue weighted by atomic mass is 15.2. The molecule has 3 unspecified atom stereocenters. The van der Waals surface area contributed by atoms with Crippen molar-refractivity contribution in [2.45, 2.75) is 31.7 Å². The molecule has 2 aliphatic rings. The summed E-state index contributed by atoms with van der Waals surface area (Å²) in [6, 6.07) is 9.17. The van der Waals surface area contributed by atoms with Crippen LogP contribution in [0, 0.1) is 11.8 Å². The Morgan fingerprint density at radius 2 is 2.00 bits per heavy atom. The van der Waals surface area contributed by atoms with Gasteiger partial charge in [0, 0.05) is 11.7 Å². The molecule has 0 amide bonds. The molecule has 3 atom stereocenters. The third-order valence-electron chi connectivity index (χ3n) is 4.65. The molecule has 1 N–H and O–H groups in total. The summed E-state index contributed by atoms with van der Waals surface area (Å²) in [6.07, 6.45) is 9.11. The Hall–Kier alpha value is -1.84. The standard InChI is InChI=1S/C15H18N4/c1-2-13(8-14(3-1)19-9-16-17-10-19)18-15-7-11-4-5-12(15)6-11/h1-3,8-12,15,18H,4-7H2. The largest absolute Gasteiger partial charge is 0.382 e. The summed E-state index contributed by atoms with van der Waals surface area (Å²) in [4.78, 5) is 0. The number of hydrogen-bond donors (Lipinski definition) is 1. The minimum Gasteiger partial charge on any atom is -0.382 e. The first-order valence-electron chi connectivity index (χ1n) is 7.10. The highest BCUT2D eigenvalue weighted by Crippen LogP contribution is 2.45. The molecule has 4 heteroatoms. The Bertz CT molecular complexity index is 563. The van der Waals surface area contributed by atoms with Crippen LogP contribution < -0.4 is 5.32 Å². The van der Waals surface area contributed by atoms with Crippen LogP contribution in [0.2, 0.25) is 0 Å². The second-order valence-corrected chi connectivity index (χ2v) is 5.85. The second-order valence-electron chi connectivity index (χ2n) is 5.85. The normalized spacial score (nSPS) is 28.7. The first-order chi connectivity index (χ1) is 9.38. The number of nitrogens with one attached hydrogen (secondary N) is 1. The van der Waals surface area contributed by atoms with Gasteiger partial charge in [0.1, 0.15) is 12.7 Å². The Morgan fingerprint density at radius 1 is 1.11 bits per heavy atom. The van der Waals surface area contributed by atoms with E-state index in [2.05, 4.69) is 39.8 Å². The Kier molecular flexibility index (Phi) is 2.53. The van der Waals surface area contributed by atoms with E-state index in [1.54, 1.807) is 12.7 Å². The average molecular weight is 254 g/mol. The molecule has 1 heterocycles. The summed E-state index contributed by atoms with van der Waals surface area (Å²) in [5, 5.41) is 11.4. The third-order valence-corrected chi connectivity index (χ3v) is 4.65. The summed E-state index contributed by atoms with van der Waals surface area (Å²) in [5.74, 6) is 1.87. The SMILES string of the molecule is c1cc(NC2CC3CCC2C3)cc(-n2cnnc2)c1. The van der Waals surface area contributed by atoms with Gasteiger partial charge in [0.2, 0.25) is 0 Å². The van der Waals surface area contributed by atoms with Crippen LogP contribution in [0.25, 0.3) is 5.69 Å². The van der Waals surface area contributed by atoms with Gasteiger partial charge in [-0.25, -0.2) is 0 Å². The number of aromatic nitrogens is 3. The quantitative estimate of drug-likeness (QED) is 0.915. The molecule has 2 bridgehead atoms. The van der Waals surface area contributed by atoms with Crippen LogP contribution in [0.15, 0.2) is 36.9 Å². The minimum atomic E-state index is 0.676. The van der Waals surface area contributed by atoms with E-state index in [-0.39, 0.29) is 0 Å². The van der Waals surface area contributed by atoms with E-state index in [1.807, 2.05) is 4.57 Å². The molecule has 4 rings (SSSR count). The topological polar surface area (TPSA) is 42.7 Å². The summed E-state index contributed by atoms with van der Waals surface area (Å²) in [6.45, 7) is 0. The van der Waals surface area contributed by atoms with Crippen LogP contribution in [0.4, 0.5) is 5.69 Å². The van der Waals surface area contributed by atoms with Gasteiger partial charge in [-0.3, -0.25) is 4.57 Å². The number of anilines is 1. The van der Waals surface area contributed by atoms with E-state index in [9.17, 15) is 0 Å². The molecule has 0 saturated heterocycles. The zero-order valence-corrected chi connectivity index (χ0v) is 10.9. The van der Waals surface area contributed by atoms with E-state index in [0.717, 1.165) is 17.5 Å². The summed E-state index contributed by atoms with van der Waals surface area (Å²) >= 11 is 0. The van der Waals surface area contributed by atoms with E-state index in [0.29, 0.717) is 6.04 Å². The molecular weight excluding hydrogens is 236 g/mol.